The largest absolute Gasteiger partial charge is 0.369 e. The van der Waals surface area contributed by atoms with Crippen LogP contribution in [0.3, 0.4) is 0 Å². The van der Waals surface area contributed by atoms with E-state index in [1.165, 1.54) is 0 Å². The Morgan fingerprint density at radius 2 is 2.29 bits per heavy atom. The van der Waals surface area contributed by atoms with Gasteiger partial charge in [0.15, 0.2) is 0 Å². The molecule has 0 radical (unpaired) electrons. The van der Waals surface area contributed by atoms with Gasteiger partial charge in [-0.3, -0.25) is 4.98 Å². The minimum Gasteiger partial charge on any atom is -0.369 e. The molecule has 2 aromatic heterocycles. The van der Waals surface area contributed by atoms with Gasteiger partial charge in [0, 0.05) is 12.7 Å². The molecule has 0 atom stereocenters. The van der Waals surface area contributed by atoms with Gasteiger partial charge in [0.1, 0.15) is 17.6 Å². The van der Waals surface area contributed by atoms with Gasteiger partial charge in [-0.2, -0.15) is 5.26 Å². The summed E-state index contributed by atoms with van der Waals surface area (Å²) in [6.07, 6.45) is 5.28. The Bertz CT molecular complexity index is 521. The van der Waals surface area contributed by atoms with E-state index in [0.29, 0.717) is 12.2 Å². The van der Waals surface area contributed by atoms with Crippen molar-refractivity contribution in [1.29, 1.82) is 5.26 Å². The van der Waals surface area contributed by atoms with Crippen LogP contribution in [-0.2, 0) is 6.54 Å². The van der Waals surface area contributed by atoms with Crippen LogP contribution in [-0.4, -0.2) is 21.1 Å². The molecule has 0 saturated carbocycles. The highest BCUT2D eigenvalue weighted by Crippen LogP contribution is 2.06. The van der Waals surface area contributed by atoms with Gasteiger partial charge < -0.3 is 9.88 Å². The van der Waals surface area contributed by atoms with Gasteiger partial charge in [-0.25, -0.2) is 4.98 Å². The fourth-order valence-electron chi connectivity index (χ4n) is 1.54. The van der Waals surface area contributed by atoms with Crippen molar-refractivity contribution in [2.75, 3.05) is 11.9 Å². The lowest BCUT2D eigenvalue weighted by molar-refractivity contribution is 0.764. The average Bonchev–Trinajstić information content (AvgIpc) is 2.79. The van der Waals surface area contributed by atoms with Crippen molar-refractivity contribution in [3.05, 3.63) is 42.1 Å². The van der Waals surface area contributed by atoms with Crippen molar-refractivity contribution in [2.45, 2.75) is 13.5 Å². The highest BCUT2D eigenvalue weighted by atomic mass is 15.0. The molecule has 0 aromatic carbocycles. The Kier molecular flexibility index (Phi) is 3.36. The van der Waals surface area contributed by atoms with Crippen molar-refractivity contribution >= 4 is 5.82 Å². The smallest absolute Gasteiger partial charge is 0.144 e. The Balaban J connectivity index is 2.12. The van der Waals surface area contributed by atoms with Crippen molar-refractivity contribution in [2.24, 2.45) is 0 Å². The van der Waals surface area contributed by atoms with Gasteiger partial charge in [-0.05, 0) is 19.1 Å². The number of rotatable bonds is 4. The van der Waals surface area contributed by atoms with Gasteiger partial charge in [-0.1, -0.05) is 0 Å². The summed E-state index contributed by atoms with van der Waals surface area (Å²) in [6, 6.07) is 5.75. The molecule has 2 rings (SSSR count). The first-order valence-electron chi connectivity index (χ1n) is 5.43. The number of hydrogen-bond donors (Lipinski definition) is 1. The van der Waals surface area contributed by atoms with Crippen LogP contribution in [0.2, 0.25) is 0 Å². The molecule has 0 aliphatic rings. The predicted molar refractivity (Wildman–Crippen MR) is 64.4 cm³/mol. The molecule has 2 aromatic rings. The van der Waals surface area contributed by atoms with E-state index >= 15 is 0 Å². The normalized spacial score (nSPS) is 9.88. The maximum atomic E-state index is 8.88. The van der Waals surface area contributed by atoms with Crippen LogP contribution in [0, 0.1) is 11.3 Å². The zero-order valence-electron chi connectivity index (χ0n) is 9.59. The molecule has 0 aliphatic carbocycles. The minimum absolute atomic E-state index is 0.565. The second-order valence-corrected chi connectivity index (χ2v) is 3.56. The van der Waals surface area contributed by atoms with E-state index in [2.05, 4.69) is 21.4 Å². The zero-order valence-corrected chi connectivity index (χ0v) is 9.59. The Labute approximate surface area is 99.7 Å². The fraction of sp³-hybridized carbons (Fsp3) is 0.250. The van der Waals surface area contributed by atoms with Gasteiger partial charge in [-0.15, -0.1) is 0 Å². The van der Waals surface area contributed by atoms with Crippen LogP contribution in [0.15, 0.2) is 30.7 Å². The second kappa shape index (κ2) is 5.12. The van der Waals surface area contributed by atoms with Crippen LogP contribution in [0.25, 0.3) is 0 Å². The molecule has 0 spiro atoms. The molecule has 0 amide bonds. The number of hydrogen-bond acceptors (Lipinski definition) is 4. The summed E-state index contributed by atoms with van der Waals surface area (Å²) in [5, 5.41) is 12.0. The highest BCUT2D eigenvalue weighted by molar-refractivity contribution is 5.31. The first-order chi connectivity index (χ1) is 8.33. The number of nitriles is 1. The summed E-state index contributed by atoms with van der Waals surface area (Å²) in [5.41, 5.74) is 1.46. The third-order valence-corrected chi connectivity index (χ3v) is 2.34. The van der Waals surface area contributed by atoms with Gasteiger partial charge in [0.05, 0.1) is 24.6 Å². The molecule has 5 heteroatoms. The maximum absolute atomic E-state index is 8.88. The summed E-state index contributed by atoms with van der Waals surface area (Å²) in [5.74, 6) is 0.768. The highest BCUT2D eigenvalue weighted by Gasteiger charge is 2.02. The first-order valence-corrected chi connectivity index (χ1v) is 5.43. The van der Waals surface area contributed by atoms with E-state index in [-0.39, 0.29) is 0 Å². The van der Waals surface area contributed by atoms with Crippen molar-refractivity contribution in [3.8, 4) is 6.07 Å². The van der Waals surface area contributed by atoms with Crippen LogP contribution in [0.4, 0.5) is 5.82 Å². The Morgan fingerprint density at radius 1 is 1.41 bits per heavy atom. The lowest BCUT2D eigenvalue weighted by Crippen LogP contribution is -2.05. The summed E-state index contributed by atoms with van der Waals surface area (Å²) in [4.78, 5) is 8.53. The third-order valence-electron chi connectivity index (χ3n) is 2.34. The minimum atomic E-state index is 0.565. The van der Waals surface area contributed by atoms with E-state index in [9.17, 15) is 0 Å². The van der Waals surface area contributed by atoms with E-state index in [4.69, 9.17) is 5.26 Å². The molecule has 0 bridgehead atoms. The van der Waals surface area contributed by atoms with Gasteiger partial charge in [0.25, 0.3) is 0 Å². The molecule has 2 heterocycles. The van der Waals surface area contributed by atoms with Gasteiger partial charge >= 0.3 is 0 Å². The zero-order chi connectivity index (χ0) is 12.1. The number of nitrogens with zero attached hydrogens (tertiary/aromatic N) is 4. The third kappa shape index (κ3) is 2.61. The number of anilines is 1. The monoisotopic (exact) mass is 227 g/mol. The van der Waals surface area contributed by atoms with Crippen molar-refractivity contribution in [3.63, 3.8) is 0 Å². The van der Waals surface area contributed by atoms with Crippen LogP contribution >= 0.6 is 0 Å². The second-order valence-electron chi connectivity index (χ2n) is 3.56. The van der Waals surface area contributed by atoms with Crippen molar-refractivity contribution in [1.82, 2.24) is 14.5 Å². The Morgan fingerprint density at radius 3 is 2.94 bits per heavy atom. The summed E-state index contributed by atoms with van der Waals surface area (Å²) in [6.45, 7) is 3.40. The van der Waals surface area contributed by atoms with E-state index < -0.39 is 0 Å². The van der Waals surface area contributed by atoms with Crippen LogP contribution < -0.4 is 5.32 Å². The standard InChI is InChI=1S/C12H13N5/c1-2-14-12-8-15-10(7-16-12)9-17-5-3-4-11(17)6-13/h3-5,7-8H,2,9H2,1H3,(H,14,16). The maximum Gasteiger partial charge on any atom is 0.144 e. The molecule has 0 saturated heterocycles. The van der Waals surface area contributed by atoms with Crippen LogP contribution in [0.1, 0.15) is 18.3 Å². The van der Waals surface area contributed by atoms with Crippen LogP contribution in [0.5, 0.6) is 0 Å². The molecule has 5 nitrogen and oxygen atoms in total. The molecule has 0 fully saturated rings. The topological polar surface area (TPSA) is 66.5 Å². The molecule has 1 N–H and O–H groups in total. The van der Waals surface area contributed by atoms with Crippen molar-refractivity contribution < 1.29 is 0 Å². The summed E-state index contributed by atoms with van der Waals surface area (Å²) < 4.78 is 1.84. The SMILES string of the molecule is CCNc1cnc(Cn2cccc2C#N)cn1. The van der Waals surface area contributed by atoms with E-state index in [1.807, 2.05) is 23.8 Å². The molecule has 0 aliphatic heterocycles. The lowest BCUT2D eigenvalue weighted by atomic mass is 10.4. The first kappa shape index (κ1) is 11.1. The summed E-state index contributed by atoms with van der Waals surface area (Å²) in [7, 11) is 0. The molecular formula is C12H13N5. The number of nitrogens with one attached hydrogen (secondary N) is 1. The summed E-state index contributed by atoms with van der Waals surface area (Å²) >= 11 is 0. The fourth-order valence-corrected chi connectivity index (χ4v) is 1.54. The molecule has 0 unspecified atom stereocenters. The quantitative estimate of drug-likeness (QED) is 0.862. The van der Waals surface area contributed by atoms with Gasteiger partial charge in [0.2, 0.25) is 0 Å². The van der Waals surface area contributed by atoms with E-state index in [1.54, 1.807) is 18.5 Å². The molecular weight excluding hydrogens is 214 g/mol. The Hall–Kier alpha value is -2.35. The van der Waals surface area contributed by atoms with E-state index in [0.717, 1.165) is 18.1 Å². The predicted octanol–water partition coefficient (Wildman–Crippen LogP) is 1.63. The molecule has 86 valence electrons. The molecule has 17 heavy (non-hydrogen) atoms. The number of aromatic nitrogens is 3. The average molecular weight is 227 g/mol. The lowest BCUT2D eigenvalue weighted by Gasteiger charge is -2.05.